The predicted molar refractivity (Wildman–Crippen MR) is 88.2 cm³/mol. The average Bonchev–Trinajstić information content (AvgIpc) is 2.55. The molecule has 2 aromatic carbocycles. The lowest BCUT2D eigenvalue weighted by Crippen LogP contribution is -2.12. The number of amides is 1. The van der Waals surface area contributed by atoms with Gasteiger partial charge in [-0.2, -0.15) is 0 Å². The Balaban J connectivity index is 2.31. The van der Waals surface area contributed by atoms with Crippen LogP contribution in [0.3, 0.4) is 0 Å². The van der Waals surface area contributed by atoms with Gasteiger partial charge in [-0.25, -0.2) is 0 Å². The zero-order valence-electron chi connectivity index (χ0n) is 12.5. The van der Waals surface area contributed by atoms with E-state index in [1.165, 1.54) is 21.3 Å². The maximum absolute atomic E-state index is 12.4. The fraction of sp³-hybridized carbons (Fsp3) is 0.188. The van der Waals surface area contributed by atoms with Crippen LogP contribution in [-0.2, 0) is 0 Å². The number of ether oxygens (including phenoxy) is 3. The molecule has 0 aliphatic carbocycles. The summed E-state index contributed by atoms with van der Waals surface area (Å²) in [4.78, 5) is 12.4. The summed E-state index contributed by atoms with van der Waals surface area (Å²) < 4.78 is 16.7. The Bertz CT molecular complexity index is 645. The van der Waals surface area contributed by atoms with Gasteiger partial charge in [-0.05, 0) is 36.4 Å². The Morgan fingerprint density at radius 2 is 1.50 bits per heavy atom. The number of carbonyl (C=O) groups is 1. The second-order valence-electron chi connectivity index (χ2n) is 4.38. The van der Waals surface area contributed by atoms with Gasteiger partial charge in [0.25, 0.3) is 5.91 Å². The van der Waals surface area contributed by atoms with Crippen molar-refractivity contribution in [3.63, 3.8) is 0 Å². The number of carbonyl (C=O) groups excluding carboxylic acids is 1. The number of halogens is 1. The van der Waals surface area contributed by atoms with Gasteiger partial charge in [0.2, 0.25) is 5.75 Å². The lowest BCUT2D eigenvalue weighted by atomic mass is 10.1. The molecule has 1 N–H and O–H groups in total. The number of hydrogen-bond acceptors (Lipinski definition) is 4. The van der Waals surface area contributed by atoms with Crippen LogP contribution < -0.4 is 19.5 Å². The molecule has 2 aromatic rings. The number of benzene rings is 2. The van der Waals surface area contributed by atoms with Gasteiger partial charge in [0.05, 0.1) is 21.3 Å². The van der Waals surface area contributed by atoms with Crippen molar-refractivity contribution in [1.82, 2.24) is 0 Å². The SMILES string of the molecule is COc1cc(C(=O)Nc2ccc(Br)cc2)cc(OC)c1OC. The van der Waals surface area contributed by atoms with E-state index in [0.29, 0.717) is 28.5 Å². The minimum atomic E-state index is -0.262. The van der Waals surface area contributed by atoms with Gasteiger partial charge in [0.1, 0.15) is 0 Å². The molecule has 1 amide bonds. The van der Waals surface area contributed by atoms with E-state index in [-0.39, 0.29) is 5.91 Å². The number of rotatable bonds is 5. The van der Waals surface area contributed by atoms with Crippen LogP contribution >= 0.6 is 15.9 Å². The molecule has 0 aliphatic rings. The quantitative estimate of drug-likeness (QED) is 0.876. The van der Waals surface area contributed by atoms with E-state index in [1.54, 1.807) is 24.3 Å². The molecule has 0 bridgehead atoms. The molecule has 0 aromatic heterocycles. The Kier molecular flexibility index (Phi) is 5.27. The summed E-state index contributed by atoms with van der Waals surface area (Å²) in [6, 6.07) is 10.5. The fourth-order valence-electron chi connectivity index (χ4n) is 1.95. The molecular formula is C16H16BrNO4. The van der Waals surface area contributed by atoms with E-state index < -0.39 is 0 Å². The Morgan fingerprint density at radius 3 is 1.95 bits per heavy atom. The van der Waals surface area contributed by atoms with Crippen LogP contribution in [0.25, 0.3) is 0 Å². The van der Waals surface area contributed by atoms with E-state index in [0.717, 1.165) is 4.47 Å². The lowest BCUT2D eigenvalue weighted by Gasteiger charge is -2.14. The van der Waals surface area contributed by atoms with Gasteiger partial charge in [0.15, 0.2) is 11.5 Å². The first kappa shape index (κ1) is 16.2. The average molecular weight is 366 g/mol. The summed E-state index contributed by atoms with van der Waals surface area (Å²) in [6.07, 6.45) is 0. The smallest absolute Gasteiger partial charge is 0.255 e. The summed E-state index contributed by atoms with van der Waals surface area (Å²) in [6.45, 7) is 0. The van der Waals surface area contributed by atoms with Crippen molar-refractivity contribution in [3.05, 3.63) is 46.4 Å². The van der Waals surface area contributed by atoms with Crippen LogP contribution in [0.15, 0.2) is 40.9 Å². The minimum absolute atomic E-state index is 0.262. The van der Waals surface area contributed by atoms with E-state index in [4.69, 9.17) is 14.2 Å². The van der Waals surface area contributed by atoms with Crippen LogP contribution in [-0.4, -0.2) is 27.2 Å². The highest BCUT2D eigenvalue weighted by Gasteiger charge is 2.17. The standard InChI is InChI=1S/C16H16BrNO4/c1-20-13-8-10(9-14(21-2)15(13)22-3)16(19)18-12-6-4-11(17)5-7-12/h4-9H,1-3H3,(H,18,19). The number of methoxy groups -OCH3 is 3. The highest BCUT2D eigenvalue weighted by molar-refractivity contribution is 9.10. The Labute approximate surface area is 137 Å². The van der Waals surface area contributed by atoms with E-state index in [1.807, 2.05) is 12.1 Å². The van der Waals surface area contributed by atoms with Gasteiger partial charge in [-0.15, -0.1) is 0 Å². The molecule has 0 saturated carbocycles. The van der Waals surface area contributed by atoms with Crippen molar-refractivity contribution in [2.75, 3.05) is 26.6 Å². The molecule has 0 radical (unpaired) electrons. The summed E-state index contributed by atoms with van der Waals surface area (Å²) in [5.41, 5.74) is 1.11. The van der Waals surface area contributed by atoms with Crippen molar-refractivity contribution in [1.29, 1.82) is 0 Å². The highest BCUT2D eigenvalue weighted by Crippen LogP contribution is 2.38. The van der Waals surface area contributed by atoms with Crippen LogP contribution in [0, 0.1) is 0 Å². The maximum Gasteiger partial charge on any atom is 0.255 e. The van der Waals surface area contributed by atoms with Crippen molar-refractivity contribution < 1.29 is 19.0 Å². The molecule has 0 fully saturated rings. The second kappa shape index (κ2) is 7.17. The summed E-state index contributed by atoms with van der Waals surface area (Å²) in [5.74, 6) is 1.05. The summed E-state index contributed by atoms with van der Waals surface area (Å²) >= 11 is 3.35. The highest BCUT2D eigenvalue weighted by atomic mass is 79.9. The normalized spacial score (nSPS) is 10.0. The molecule has 22 heavy (non-hydrogen) atoms. The predicted octanol–water partition coefficient (Wildman–Crippen LogP) is 3.73. The van der Waals surface area contributed by atoms with Gasteiger partial charge >= 0.3 is 0 Å². The molecule has 0 aliphatic heterocycles. The van der Waals surface area contributed by atoms with Gasteiger partial charge in [-0.1, -0.05) is 15.9 Å². The van der Waals surface area contributed by atoms with Crippen molar-refractivity contribution >= 4 is 27.5 Å². The second-order valence-corrected chi connectivity index (χ2v) is 5.29. The zero-order chi connectivity index (χ0) is 16.1. The first-order valence-electron chi connectivity index (χ1n) is 6.46. The first-order chi connectivity index (χ1) is 10.6. The number of anilines is 1. The lowest BCUT2D eigenvalue weighted by molar-refractivity contribution is 0.102. The molecular weight excluding hydrogens is 350 g/mol. The minimum Gasteiger partial charge on any atom is -0.493 e. The molecule has 0 atom stereocenters. The van der Waals surface area contributed by atoms with E-state index >= 15 is 0 Å². The number of nitrogens with one attached hydrogen (secondary N) is 1. The molecule has 5 nitrogen and oxygen atoms in total. The van der Waals surface area contributed by atoms with Crippen molar-refractivity contribution in [3.8, 4) is 17.2 Å². The van der Waals surface area contributed by atoms with Crippen LogP contribution in [0.2, 0.25) is 0 Å². The molecule has 6 heteroatoms. The molecule has 116 valence electrons. The molecule has 2 rings (SSSR count). The summed E-state index contributed by atoms with van der Waals surface area (Å²) in [5, 5.41) is 2.81. The Morgan fingerprint density at radius 1 is 0.955 bits per heavy atom. The van der Waals surface area contributed by atoms with Gasteiger partial charge in [0, 0.05) is 15.7 Å². The molecule has 0 saturated heterocycles. The monoisotopic (exact) mass is 365 g/mol. The third kappa shape index (κ3) is 3.51. The summed E-state index contributed by atoms with van der Waals surface area (Å²) in [7, 11) is 4.53. The van der Waals surface area contributed by atoms with Crippen LogP contribution in [0.4, 0.5) is 5.69 Å². The molecule has 0 unspecified atom stereocenters. The largest absolute Gasteiger partial charge is 0.493 e. The maximum atomic E-state index is 12.4. The van der Waals surface area contributed by atoms with E-state index in [9.17, 15) is 4.79 Å². The van der Waals surface area contributed by atoms with E-state index in [2.05, 4.69) is 21.2 Å². The van der Waals surface area contributed by atoms with Crippen LogP contribution in [0.5, 0.6) is 17.2 Å². The fourth-order valence-corrected chi connectivity index (χ4v) is 2.21. The molecule has 0 spiro atoms. The van der Waals surface area contributed by atoms with Gasteiger partial charge < -0.3 is 19.5 Å². The number of hydrogen-bond donors (Lipinski definition) is 1. The molecule has 0 heterocycles. The Hall–Kier alpha value is -2.21. The van der Waals surface area contributed by atoms with Crippen molar-refractivity contribution in [2.24, 2.45) is 0 Å². The van der Waals surface area contributed by atoms with Crippen LogP contribution in [0.1, 0.15) is 10.4 Å². The topological polar surface area (TPSA) is 56.8 Å². The first-order valence-corrected chi connectivity index (χ1v) is 7.25. The zero-order valence-corrected chi connectivity index (χ0v) is 14.1. The third-order valence-electron chi connectivity index (χ3n) is 3.03. The van der Waals surface area contributed by atoms with Gasteiger partial charge in [-0.3, -0.25) is 4.79 Å². The van der Waals surface area contributed by atoms with Crippen molar-refractivity contribution in [2.45, 2.75) is 0 Å². The third-order valence-corrected chi connectivity index (χ3v) is 3.56.